The molecule has 3 aromatic rings. The Bertz CT molecular complexity index is 953. The molecule has 0 atom stereocenters. The van der Waals surface area contributed by atoms with E-state index in [2.05, 4.69) is 37.0 Å². The van der Waals surface area contributed by atoms with Crippen molar-refractivity contribution in [3.05, 3.63) is 71.2 Å². The average Bonchev–Trinajstić information content (AvgIpc) is 2.74. The fourth-order valence-electron chi connectivity index (χ4n) is 3.47. The van der Waals surface area contributed by atoms with E-state index in [4.69, 9.17) is 14.5 Å². The van der Waals surface area contributed by atoms with Gasteiger partial charge in [0, 0.05) is 23.5 Å². The number of ether oxygens (including phenoxy) is 2. The lowest BCUT2D eigenvalue weighted by atomic mass is 9.96. The van der Waals surface area contributed by atoms with E-state index in [1.807, 2.05) is 31.2 Å². The Morgan fingerprint density at radius 1 is 0.897 bits per heavy atom. The number of rotatable bonds is 9. The van der Waals surface area contributed by atoms with Crippen LogP contribution < -0.4 is 9.47 Å². The van der Waals surface area contributed by atoms with Crippen molar-refractivity contribution in [2.45, 2.75) is 53.1 Å². The number of aromatic nitrogens is 2. The second-order valence-electron chi connectivity index (χ2n) is 7.26. The molecule has 4 heteroatoms. The quantitative estimate of drug-likeness (QED) is 0.453. The third kappa shape index (κ3) is 5.35. The average molecular weight is 391 g/mol. The van der Waals surface area contributed by atoms with Crippen LogP contribution in [0.1, 0.15) is 49.2 Å². The summed E-state index contributed by atoms with van der Waals surface area (Å²) in [6.45, 7) is 6.83. The Hall–Kier alpha value is -2.88. The highest BCUT2D eigenvalue weighted by molar-refractivity contribution is 5.68. The number of hydrogen-bond donors (Lipinski definition) is 0. The van der Waals surface area contributed by atoms with Gasteiger partial charge in [-0.15, -0.1) is 0 Å². The molecule has 0 aliphatic carbocycles. The van der Waals surface area contributed by atoms with E-state index in [1.165, 1.54) is 11.1 Å². The molecule has 0 radical (unpaired) electrons. The van der Waals surface area contributed by atoms with Gasteiger partial charge in [-0.25, -0.2) is 4.98 Å². The van der Waals surface area contributed by atoms with E-state index in [0.29, 0.717) is 6.61 Å². The minimum atomic E-state index is 0.366. The summed E-state index contributed by atoms with van der Waals surface area (Å²) < 4.78 is 11.4. The molecule has 1 aromatic carbocycles. The zero-order valence-electron chi connectivity index (χ0n) is 17.9. The molecule has 152 valence electrons. The van der Waals surface area contributed by atoms with Gasteiger partial charge in [-0.2, -0.15) is 0 Å². The maximum Gasteiger partial charge on any atom is 0.146 e. The summed E-state index contributed by atoms with van der Waals surface area (Å²) in [6, 6.07) is 14.4. The van der Waals surface area contributed by atoms with Gasteiger partial charge < -0.3 is 9.47 Å². The predicted molar refractivity (Wildman–Crippen MR) is 118 cm³/mol. The molecule has 0 bridgehead atoms. The Labute approximate surface area is 173 Å². The van der Waals surface area contributed by atoms with E-state index >= 15 is 0 Å². The molecule has 4 nitrogen and oxygen atoms in total. The lowest BCUT2D eigenvalue weighted by Crippen LogP contribution is -2.02. The topological polar surface area (TPSA) is 44.2 Å². The van der Waals surface area contributed by atoms with Gasteiger partial charge in [-0.1, -0.05) is 38.8 Å². The Balaban J connectivity index is 1.91. The van der Waals surface area contributed by atoms with Crippen LogP contribution in [-0.4, -0.2) is 17.1 Å². The molecule has 2 aromatic heterocycles. The highest BCUT2D eigenvalue weighted by Crippen LogP contribution is 2.31. The Morgan fingerprint density at radius 3 is 2.45 bits per heavy atom. The minimum absolute atomic E-state index is 0.366. The van der Waals surface area contributed by atoms with Crippen molar-refractivity contribution in [3.8, 4) is 22.8 Å². The molecule has 0 unspecified atom stereocenters. The summed E-state index contributed by atoms with van der Waals surface area (Å²) in [7, 11) is 1.65. The first kappa shape index (κ1) is 20.8. The number of methoxy groups -OCH3 is 1. The van der Waals surface area contributed by atoms with E-state index in [9.17, 15) is 0 Å². The second-order valence-corrected chi connectivity index (χ2v) is 7.26. The molecule has 0 saturated heterocycles. The molecule has 0 aliphatic heterocycles. The lowest BCUT2D eigenvalue weighted by molar-refractivity contribution is 0.300. The third-order valence-electron chi connectivity index (χ3n) is 4.92. The molecule has 0 fully saturated rings. The Morgan fingerprint density at radius 2 is 1.69 bits per heavy atom. The predicted octanol–water partition coefficient (Wildman–Crippen LogP) is 5.94. The molecular weight excluding hydrogens is 360 g/mol. The van der Waals surface area contributed by atoms with Crippen LogP contribution in [0, 0.1) is 6.92 Å². The first-order valence-electron chi connectivity index (χ1n) is 10.4. The molecule has 3 rings (SSSR count). The van der Waals surface area contributed by atoms with Crippen LogP contribution in [0.25, 0.3) is 11.3 Å². The standard InChI is InChI=1S/C25H30N2O2/c1-5-7-19-10-11-21(15-20(19)8-6-2)25-24(12-9-18(3)27-25)29-17-22-16-23(28-4)13-14-26-22/h9-16H,5-8,17H2,1-4H3. The summed E-state index contributed by atoms with van der Waals surface area (Å²) in [5.41, 5.74) is 6.63. The van der Waals surface area contributed by atoms with E-state index in [1.54, 1.807) is 13.3 Å². The number of pyridine rings is 2. The van der Waals surface area contributed by atoms with Crippen molar-refractivity contribution in [2.75, 3.05) is 7.11 Å². The van der Waals surface area contributed by atoms with Gasteiger partial charge in [-0.05, 0) is 55.2 Å². The lowest BCUT2D eigenvalue weighted by Gasteiger charge is -2.15. The largest absolute Gasteiger partial charge is 0.497 e. The van der Waals surface area contributed by atoms with Gasteiger partial charge in [0.15, 0.2) is 0 Å². The Kier molecular flexibility index (Phi) is 7.23. The molecule has 0 saturated carbocycles. The zero-order valence-corrected chi connectivity index (χ0v) is 17.9. The van der Waals surface area contributed by atoms with Crippen LogP contribution in [-0.2, 0) is 19.4 Å². The summed E-state index contributed by atoms with van der Waals surface area (Å²) in [6.07, 6.45) is 6.21. The number of benzene rings is 1. The smallest absolute Gasteiger partial charge is 0.146 e. The van der Waals surface area contributed by atoms with E-state index < -0.39 is 0 Å². The number of aryl methyl sites for hydroxylation is 3. The summed E-state index contributed by atoms with van der Waals surface area (Å²) in [4.78, 5) is 9.16. The SMILES string of the molecule is CCCc1ccc(-c2nc(C)ccc2OCc2cc(OC)ccn2)cc1CCC. The molecule has 29 heavy (non-hydrogen) atoms. The summed E-state index contributed by atoms with van der Waals surface area (Å²) in [5, 5.41) is 0. The molecule has 0 N–H and O–H groups in total. The van der Waals surface area contributed by atoms with Crippen molar-refractivity contribution in [2.24, 2.45) is 0 Å². The van der Waals surface area contributed by atoms with Crippen LogP contribution in [0.2, 0.25) is 0 Å². The van der Waals surface area contributed by atoms with Crippen LogP contribution in [0.15, 0.2) is 48.7 Å². The summed E-state index contributed by atoms with van der Waals surface area (Å²) >= 11 is 0. The van der Waals surface area contributed by atoms with Gasteiger partial charge in [0.2, 0.25) is 0 Å². The third-order valence-corrected chi connectivity index (χ3v) is 4.92. The van der Waals surface area contributed by atoms with E-state index in [0.717, 1.165) is 59.8 Å². The van der Waals surface area contributed by atoms with Crippen LogP contribution in [0.4, 0.5) is 0 Å². The normalized spacial score (nSPS) is 10.8. The molecule has 0 spiro atoms. The van der Waals surface area contributed by atoms with Crippen LogP contribution in [0.5, 0.6) is 11.5 Å². The number of nitrogens with zero attached hydrogens (tertiary/aromatic N) is 2. The van der Waals surface area contributed by atoms with Gasteiger partial charge in [0.25, 0.3) is 0 Å². The first-order chi connectivity index (χ1) is 14.1. The van der Waals surface area contributed by atoms with Gasteiger partial charge >= 0.3 is 0 Å². The monoisotopic (exact) mass is 390 g/mol. The van der Waals surface area contributed by atoms with Crippen molar-refractivity contribution in [1.29, 1.82) is 0 Å². The molecule has 2 heterocycles. The minimum Gasteiger partial charge on any atom is -0.497 e. The fourth-order valence-corrected chi connectivity index (χ4v) is 3.47. The second kappa shape index (κ2) is 10.1. The van der Waals surface area contributed by atoms with Crippen LogP contribution >= 0.6 is 0 Å². The number of hydrogen-bond acceptors (Lipinski definition) is 4. The van der Waals surface area contributed by atoms with Crippen molar-refractivity contribution >= 4 is 0 Å². The van der Waals surface area contributed by atoms with Gasteiger partial charge in [0.1, 0.15) is 23.8 Å². The van der Waals surface area contributed by atoms with Gasteiger partial charge in [0.05, 0.1) is 12.8 Å². The maximum absolute atomic E-state index is 6.13. The summed E-state index contributed by atoms with van der Waals surface area (Å²) in [5.74, 6) is 1.54. The molecule has 0 amide bonds. The maximum atomic E-state index is 6.13. The van der Waals surface area contributed by atoms with Gasteiger partial charge in [-0.3, -0.25) is 4.98 Å². The molecule has 0 aliphatic rings. The first-order valence-corrected chi connectivity index (χ1v) is 10.4. The van der Waals surface area contributed by atoms with Crippen LogP contribution in [0.3, 0.4) is 0 Å². The van der Waals surface area contributed by atoms with Crippen molar-refractivity contribution in [1.82, 2.24) is 9.97 Å². The van der Waals surface area contributed by atoms with E-state index in [-0.39, 0.29) is 0 Å². The van der Waals surface area contributed by atoms with Crippen molar-refractivity contribution < 1.29 is 9.47 Å². The fraction of sp³-hybridized carbons (Fsp3) is 0.360. The highest BCUT2D eigenvalue weighted by Gasteiger charge is 2.12. The highest BCUT2D eigenvalue weighted by atomic mass is 16.5. The zero-order chi connectivity index (χ0) is 20.6. The molecular formula is C25H30N2O2. The van der Waals surface area contributed by atoms with Crippen molar-refractivity contribution in [3.63, 3.8) is 0 Å².